The molecule has 0 aliphatic rings. The molecule has 0 bridgehead atoms. The number of anilines is 2. The van der Waals surface area contributed by atoms with Crippen molar-refractivity contribution in [3.05, 3.63) is 6.33 Å². The van der Waals surface area contributed by atoms with Gasteiger partial charge in [-0.15, -0.1) is 0 Å². The predicted octanol–water partition coefficient (Wildman–Crippen LogP) is -0.629. The lowest BCUT2D eigenvalue weighted by atomic mass is 10.4. The van der Waals surface area contributed by atoms with Crippen molar-refractivity contribution in [2.45, 2.75) is 0 Å². The number of rotatable bonds is 6. The Morgan fingerprint density at radius 2 is 2.11 bits per heavy atom. The average Bonchev–Trinajstić information content (AvgIpc) is 2.31. The average molecular weight is 275 g/mol. The number of nitrogens with two attached hydrogens (primary N) is 1. The molecule has 1 aromatic rings. The molecule has 1 rings (SSSR count). The van der Waals surface area contributed by atoms with E-state index in [1.54, 1.807) is 0 Å². The smallest absolute Gasteiger partial charge is 0.242 e. The Morgan fingerprint density at radius 1 is 1.44 bits per heavy atom. The van der Waals surface area contributed by atoms with Crippen LogP contribution in [0, 0.1) is 0 Å². The number of methoxy groups -OCH3 is 1. The highest BCUT2D eigenvalue weighted by atomic mass is 32.2. The zero-order chi connectivity index (χ0) is 13.8. The minimum atomic E-state index is -3.24. The van der Waals surface area contributed by atoms with E-state index < -0.39 is 10.0 Å². The summed E-state index contributed by atoms with van der Waals surface area (Å²) < 4.78 is 29.1. The fourth-order valence-electron chi connectivity index (χ4n) is 1.16. The van der Waals surface area contributed by atoms with Gasteiger partial charge in [-0.2, -0.15) is 4.98 Å². The zero-order valence-corrected chi connectivity index (χ0v) is 11.4. The first-order chi connectivity index (χ1) is 8.38. The molecule has 3 N–H and O–H groups in total. The van der Waals surface area contributed by atoms with Gasteiger partial charge in [0.25, 0.3) is 0 Å². The molecule has 0 aliphatic heterocycles. The standard InChI is InChI=1S/C9H17N5O3S/c1-14(2)18(15,16)5-4-11-8-7(10)9(17-3)13-6-12-8/h6H,4-5,10H2,1-3H3,(H,11,12,13). The van der Waals surface area contributed by atoms with Gasteiger partial charge in [0.1, 0.15) is 12.0 Å². The van der Waals surface area contributed by atoms with Gasteiger partial charge in [-0.1, -0.05) is 0 Å². The van der Waals surface area contributed by atoms with E-state index >= 15 is 0 Å². The lowest BCUT2D eigenvalue weighted by molar-refractivity contribution is 0.399. The van der Waals surface area contributed by atoms with Gasteiger partial charge < -0.3 is 15.8 Å². The second kappa shape index (κ2) is 5.83. The van der Waals surface area contributed by atoms with Crippen LogP contribution in [0.2, 0.25) is 0 Å². The number of sulfonamides is 1. The van der Waals surface area contributed by atoms with Crippen LogP contribution in [-0.2, 0) is 10.0 Å². The molecule has 0 spiro atoms. The second-order valence-electron chi connectivity index (χ2n) is 3.67. The van der Waals surface area contributed by atoms with Crippen LogP contribution >= 0.6 is 0 Å². The van der Waals surface area contributed by atoms with Gasteiger partial charge in [0.05, 0.1) is 12.9 Å². The molecule has 0 amide bonds. The van der Waals surface area contributed by atoms with Gasteiger partial charge in [-0.05, 0) is 0 Å². The number of aromatic nitrogens is 2. The minimum Gasteiger partial charge on any atom is -0.479 e. The van der Waals surface area contributed by atoms with E-state index in [0.29, 0.717) is 5.82 Å². The van der Waals surface area contributed by atoms with E-state index in [9.17, 15) is 8.42 Å². The maximum absolute atomic E-state index is 11.5. The van der Waals surface area contributed by atoms with Crippen molar-refractivity contribution in [1.29, 1.82) is 0 Å². The molecule has 0 unspecified atom stereocenters. The van der Waals surface area contributed by atoms with E-state index in [-0.39, 0.29) is 23.9 Å². The van der Waals surface area contributed by atoms with Gasteiger partial charge in [0.2, 0.25) is 15.9 Å². The summed E-state index contributed by atoms with van der Waals surface area (Å²) in [6, 6.07) is 0. The molecule has 9 heteroatoms. The van der Waals surface area contributed by atoms with Gasteiger partial charge in [-0.25, -0.2) is 17.7 Å². The maximum atomic E-state index is 11.5. The highest BCUT2D eigenvalue weighted by Crippen LogP contribution is 2.23. The highest BCUT2D eigenvalue weighted by Gasteiger charge is 2.14. The highest BCUT2D eigenvalue weighted by molar-refractivity contribution is 7.89. The Labute approximate surface area is 106 Å². The Balaban J connectivity index is 2.65. The topological polar surface area (TPSA) is 110 Å². The van der Waals surface area contributed by atoms with Crippen molar-refractivity contribution in [1.82, 2.24) is 14.3 Å². The van der Waals surface area contributed by atoms with Crippen molar-refractivity contribution in [3.8, 4) is 5.88 Å². The van der Waals surface area contributed by atoms with Gasteiger partial charge >= 0.3 is 0 Å². The number of nitrogens with zero attached hydrogens (tertiary/aromatic N) is 3. The summed E-state index contributed by atoms with van der Waals surface area (Å²) in [5.41, 5.74) is 5.98. The summed E-state index contributed by atoms with van der Waals surface area (Å²) in [7, 11) is 1.17. The van der Waals surface area contributed by atoms with Gasteiger partial charge in [-0.3, -0.25) is 0 Å². The van der Waals surface area contributed by atoms with E-state index in [2.05, 4.69) is 15.3 Å². The van der Waals surface area contributed by atoms with Crippen LogP contribution in [0.1, 0.15) is 0 Å². The van der Waals surface area contributed by atoms with Crippen molar-refractivity contribution >= 4 is 21.5 Å². The van der Waals surface area contributed by atoms with Crippen LogP contribution in [0.15, 0.2) is 6.33 Å². The van der Waals surface area contributed by atoms with Crippen molar-refractivity contribution in [2.24, 2.45) is 0 Å². The summed E-state index contributed by atoms with van der Waals surface area (Å²) in [4.78, 5) is 7.73. The van der Waals surface area contributed by atoms with Gasteiger partial charge in [0, 0.05) is 20.6 Å². The molecule has 18 heavy (non-hydrogen) atoms. The Morgan fingerprint density at radius 3 is 2.67 bits per heavy atom. The Hall–Kier alpha value is -1.61. The fraction of sp³-hybridized carbons (Fsp3) is 0.556. The molecule has 0 atom stereocenters. The molecular formula is C9H17N5O3S. The van der Waals surface area contributed by atoms with Crippen LogP contribution in [0.25, 0.3) is 0 Å². The van der Waals surface area contributed by atoms with Crippen LogP contribution in [0.3, 0.4) is 0 Å². The van der Waals surface area contributed by atoms with Crippen LogP contribution < -0.4 is 15.8 Å². The zero-order valence-electron chi connectivity index (χ0n) is 10.5. The number of nitrogens with one attached hydrogen (secondary N) is 1. The fourth-order valence-corrected chi connectivity index (χ4v) is 1.89. The monoisotopic (exact) mass is 275 g/mol. The Kier molecular flexibility index (Phi) is 4.68. The summed E-state index contributed by atoms with van der Waals surface area (Å²) in [5.74, 6) is 0.560. The second-order valence-corrected chi connectivity index (χ2v) is 5.97. The third-order valence-electron chi connectivity index (χ3n) is 2.25. The number of hydrogen-bond donors (Lipinski definition) is 2. The molecule has 0 saturated carbocycles. The predicted molar refractivity (Wildman–Crippen MR) is 69.0 cm³/mol. The molecule has 1 aromatic heterocycles. The largest absolute Gasteiger partial charge is 0.479 e. The maximum Gasteiger partial charge on any atom is 0.242 e. The Bertz CT molecular complexity index is 503. The summed E-state index contributed by atoms with van der Waals surface area (Å²) in [5, 5.41) is 2.84. The molecule has 102 valence electrons. The lowest BCUT2D eigenvalue weighted by Crippen LogP contribution is -2.28. The number of ether oxygens (including phenoxy) is 1. The first kappa shape index (κ1) is 14.5. The van der Waals surface area contributed by atoms with Crippen molar-refractivity contribution in [3.63, 3.8) is 0 Å². The summed E-state index contributed by atoms with van der Waals surface area (Å²) in [6.07, 6.45) is 1.29. The van der Waals surface area contributed by atoms with Crippen LogP contribution in [0.5, 0.6) is 5.88 Å². The SMILES string of the molecule is COc1ncnc(NCCS(=O)(=O)N(C)C)c1N. The van der Waals surface area contributed by atoms with Crippen LogP contribution in [-0.4, -0.2) is 56.2 Å². The number of hydrogen-bond acceptors (Lipinski definition) is 7. The van der Waals surface area contributed by atoms with Crippen molar-refractivity contribution < 1.29 is 13.2 Å². The minimum absolute atomic E-state index is 0.0498. The van der Waals surface area contributed by atoms with E-state index in [1.165, 1.54) is 31.8 Å². The van der Waals surface area contributed by atoms with Crippen molar-refractivity contribution in [2.75, 3.05) is 44.6 Å². The molecular weight excluding hydrogens is 258 g/mol. The first-order valence-electron chi connectivity index (χ1n) is 5.17. The molecule has 0 saturated heterocycles. The molecule has 0 radical (unpaired) electrons. The molecule has 8 nitrogen and oxygen atoms in total. The van der Waals surface area contributed by atoms with E-state index in [0.717, 1.165) is 0 Å². The van der Waals surface area contributed by atoms with E-state index in [4.69, 9.17) is 10.5 Å². The third kappa shape index (κ3) is 3.44. The third-order valence-corrected chi connectivity index (χ3v) is 4.08. The van der Waals surface area contributed by atoms with Gasteiger partial charge in [0.15, 0.2) is 5.82 Å². The van der Waals surface area contributed by atoms with E-state index in [1.807, 2.05) is 0 Å². The molecule has 0 aliphatic carbocycles. The number of nitrogen functional groups attached to an aromatic ring is 1. The molecule has 0 aromatic carbocycles. The summed E-state index contributed by atoms with van der Waals surface area (Å²) in [6.45, 7) is 0.199. The lowest BCUT2D eigenvalue weighted by Gasteiger charge is -2.13. The summed E-state index contributed by atoms with van der Waals surface area (Å²) >= 11 is 0. The van der Waals surface area contributed by atoms with Crippen LogP contribution in [0.4, 0.5) is 11.5 Å². The molecule has 0 fully saturated rings. The first-order valence-corrected chi connectivity index (χ1v) is 6.78. The molecule has 1 heterocycles. The quantitative estimate of drug-likeness (QED) is 0.711. The normalized spacial score (nSPS) is 11.6.